The van der Waals surface area contributed by atoms with Crippen LogP contribution < -0.4 is 0 Å². The number of methoxy groups -OCH3 is 2. The summed E-state index contributed by atoms with van der Waals surface area (Å²) in [6.07, 6.45) is 1.40. The van der Waals surface area contributed by atoms with Gasteiger partial charge in [0.1, 0.15) is 5.56 Å². The summed E-state index contributed by atoms with van der Waals surface area (Å²) in [7, 11) is 2.44. The number of rotatable bonds is 3. The molecule has 1 aromatic carbocycles. The predicted octanol–water partition coefficient (Wildman–Crippen LogP) is 2.10. The highest BCUT2D eigenvalue weighted by molar-refractivity contribution is 6.30. The highest BCUT2D eigenvalue weighted by Crippen LogP contribution is 2.16. The molecule has 6 nitrogen and oxygen atoms in total. The Morgan fingerprint density at radius 1 is 1.10 bits per heavy atom. The van der Waals surface area contributed by atoms with Gasteiger partial charge in [-0.15, -0.1) is 0 Å². The van der Waals surface area contributed by atoms with Crippen molar-refractivity contribution in [3.05, 3.63) is 46.7 Å². The molecule has 2 rings (SSSR count). The summed E-state index contributed by atoms with van der Waals surface area (Å²) in [6, 6.07) is 6.76. The van der Waals surface area contributed by atoms with E-state index in [1.165, 1.54) is 25.1 Å². The first-order valence-electron chi connectivity index (χ1n) is 5.59. The van der Waals surface area contributed by atoms with Gasteiger partial charge in [0.25, 0.3) is 0 Å². The van der Waals surface area contributed by atoms with E-state index in [1.54, 1.807) is 24.3 Å². The lowest BCUT2D eigenvalue weighted by Crippen LogP contribution is -2.10. The number of aromatic nitrogens is 2. The molecule has 7 heteroatoms. The molecular formula is C13H11ClN2O4. The van der Waals surface area contributed by atoms with Crippen molar-refractivity contribution in [2.24, 2.45) is 0 Å². The zero-order chi connectivity index (χ0) is 14.7. The van der Waals surface area contributed by atoms with Crippen molar-refractivity contribution in [1.29, 1.82) is 0 Å². The number of hydrogen-bond donors (Lipinski definition) is 0. The molecule has 1 heterocycles. The minimum atomic E-state index is -0.710. The number of nitrogens with zero attached hydrogens (tertiary/aromatic N) is 2. The molecule has 0 atom stereocenters. The van der Waals surface area contributed by atoms with Gasteiger partial charge in [0, 0.05) is 11.2 Å². The van der Waals surface area contributed by atoms with Crippen LogP contribution in [0.3, 0.4) is 0 Å². The Labute approximate surface area is 119 Å². The third-order valence-electron chi connectivity index (χ3n) is 2.59. The molecular weight excluding hydrogens is 284 g/mol. The van der Waals surface area contributed by atoms with Gasteiger partial charge < -0.3 is 9.47 Å². The van der Waals surface area contributed by atoms with Crippen molar-refractivity contribution >= 4 is 23.5 Å². The smallest absolute Gasteiger partial charge is 0.359 e. The number of halogens is 1. The van der Waals surface area contributed by atoms with E-state index in [0.29, 0.717) is 10.7 Å². The van der Waals surface area contributed by atoms with Gasteiger partial charge in [0.2, 0.25) is 0 Å². The molecule has 0 saturated carbocycles. The summed E-state index contributed by atoms with van der Waals surface area (Å²) in [4.78, 5) is 23.3. The fourth-order valence-electron chi connectivity index (χ4n) is 1.61. The number of carbonyl (C=O) groups excluding carboxylic acids is 2. The van der Waals surface area contributed by atoms with E-state index in [-0.39, 0.29) is 11.3 Å². The van der Waals surface area contributed by atoms with Crippen molar-refractivity contribution in [3.63, 3.8) is 0 Å². The van der Waals surface area contributed by atoms with Crippen LogP contribution in [0, 0.1) is 0 Å². The molecule has 0 saturated heterocycles. The van der Waals surface area contributed by atoms with E-state index >= 15 is 0 Å². The van der Waals surface area contributed by atoms with Gasteiger partial charge in [0.05, 0.1) is 19.9 Å². The van der Waals surface area contributed by atoms with Gasteiger partial charge in [-0.1, -0.05) is 11.6 Å². The van der Waals surface area contributed by atoms with Gasteiger partial charge >= 0.3 is 11.9 Å². The Hall–Kier alpha value is -2.34. The Morgan fingerprint density at radius 2 is 1.70 bits per heavy atom. The molecule has 20 heavy (non-hydrogen) atoms. The number of ether oxygens (including phenoxy) is 2. The Balaban J connectivity index is 2.51. The highest BCUT2D eigenvalue weighted by atomic mass is 35.5. The molecule has 0 radical (unpaired) electrons. The standard InChI is InChI=1S/C13H11ClN2O4/c1-19-12(17)10-7-16(15-11(10)13(18)20-2)9-5-3-8(14)4-6-9/h3-7H,1-2H3. The minimum absolute atomic E-state index is 0.0364. The second-order valence-electron chi connectivity index (χ2n) is 3.80. The third kappa shape index (κ3) is 2.65. The van der Waals surface area contributed by atoms with Crippen LogP contribution in [0.1, 0.15) is 20.8 Å². The molecule has 0 spiro atoms. The second-order valence-corrected chi connectivity index (χ2v) is 4.23. The zero-order valence-electron chi connectivity index (χ0n) is 10.8. The summed E-state index contributed by atoms with van der Waals surface area (Å²) in [6.45, 7) is 0. The Morgan fingerprint density at radius 3 is 2.25 bits per heavy atom. The number of hydrogen-bond acceptors (Lipinski definition) is 5. The Kier molecular flexibility index (Phi) is 4.05. The van der Waals surface area contributed by atoms with Crippen molar-refractivity contribution in [2.75, 3.05) is 14.2 Å². The third-order valence-corrected chi connectivity index (χ3v) is 2.84. The Bertz CT molecular complexity index is 615. The molecule has 0 N–H and O–H groups in total. The molecule has 0 bridgehead atoms. The van der Waals surface area contributed by atoms with Crippen LogP contribution in [-0.2, 0) is 9.47 Å². The van der Waals surface area contributed by atoms with Gasteiger partial charge in [0.15, 0.2) is 5.69 Å². The van der Waals surface area contributed by atoms with Gasteiger partial charge in [-0.3, -0.25) is 0 Å². The van der Waals surface area contributed by atoms with Crippen LogP contribution in [-0.4, -0.2) is 35.9 Å². The fourth-order valence-corrected chi connectivity index (χ4v) is 1.73. The molecule has 0 unspecified atom stereocenters. The maximum Gasteiger partial charge on any atom is 0.359 e. The lowest BCUT2D eigenvalue weighted by molar-refractivity contribution is 0.0552. The minimum Gasteiger partial charge on any atom is -0.465 e. The normalized spacial score (nSPS) is 10.2. The fraction of sp³-hybridized carbons (Fsp3) is 0.154. The lowest BCUT2D eigenvalue weighted by atomic mass is 10.2. The van der Waals surface area contributed by atoms with Crippen LogP contribution in [0.5, 0.6) is 0 Å². The summed E-state index contributed by atoms with van der Waals surface area (Å²) < 4.78 is 10.6. The largest absolute Gasteiger partial charge is 0.465 e. The van der Waals surface area contributed by atoms with E-state index in [4.69, 9.17) is 11.6 Å². The molecule has 1 aromatic heterocycles. The molecule has 2 aromatic rings. The molecule has 0 aliphatic carbocycles. The van der Waals surface area contributed by atoms with Crippen LogP contribution in [0.25, 0.3) is 5.69 Å². The van der Waals surface area contributed by atoms with Gasteiger partial charge in [-0.2, -0.15) is 5.10 Å². The molecule has 0 aliphatic rings. The van der Waals surface area contributed by atoms with E-state index in [0.717, 1.165) is 0 Å². The quantitative estimate of drug-likeness (QED) is 0.811. The monoisotopic (exact) mass is 294 g/mol. The average Bonchev–Trinajstić information content (AvgIpc) is 2.91. The molecule has 0 amide bonds. The van der Waals surface area contributed by atoms with Crippen LogP contribution >= 0.6 is 11.6 Å². The first-order valence-corrected chi connectivity index (χ1v) is 5.97. The van der Waals surface area contributed by atoms with E-state index in [9.17, 15) is 9.59 Å². The lowest BCUT2D eigenvalue weighted by Gasteiger charge is -2.00. The van der Waals surface area contributed by atoms with Crippen LogP contribution in [0.4, 0.5) is 0 Å². The summed E-state index contributed by atoms with van der Waals surface area (Å²) >= 11 is 5.80. The van der Waals surface area contributed by atoms with E-state index in [1.807, 2.05) is 0 Å². The zero-order valence-corrected chi connectivity index (χ0v) is 11.5. The second kappa shape index (κ2) is 5.75. The molecule has 0 fully saturated rings. The number of carbonyl (C=O) groups is 2. The van der Waals surface area contributed by atoms with Crippen LogP contribution in [0.15, 0.2) is 30.5 Å². The van der Waals surface area contributed by atoms with Crippen molar-refractivity contribution in [1.82, 2.24) is 9.78 Å². The number of benzene rings is 1. The molecule has 104 valence electrons. The highest BCUT2D eigenvalue weighted by Gasteiger charge is 2.23. The van der Waals surface area contributed by atoms with E-state index < -0.39 is 11.9 Å². The maximum absolute atomic E-state index is 11.6. The SMILES string of the molecule is COC(=O)c1cn(-c2ccc(Cl)cc2)nc1C(=O)OC. The summed E-state index contributed by atoms with van der Waals surface area (Å²) in [5.41, 5.74) is 0.582. The predicted molar refractivity (Wildman–Crippen MR) is 71.3 cm³/mol. The average molecular weight is 295 g/mol. The maximum atomic E-state index is 11.6. The van der Waals surface area contributed by atoms with Crippen molar-refractivity contribution in [3.8, 4) is 5.69 Å². The van der Waals surface area contributed by atoms with Gasteiger partial charge in [-0.05, 0) is 24.3 Å². The number of esters is 2. The van der Waals surface area contributed by atoms with E-state index in [2.05, 4.69) is 14.6 Å². The summed E-state index contributed by atoms with van der Waals surface area (Å²) in [5.74, 6) is -1.37. The van der Waals surface area contributed by atoms with Crippen molar-refractivity contribution < 1.29 is 19.1 Å². The first-order chi connectivity index (χ1) is 9.56. The van der Waals surface area contributed by atoms with Gasteiger partial charge in [-0.25, -0.2) is 14.3 Å². The topological polar surface area (TPSA) is 70.4 Å². The van der Waals surface area contributed by atoms with Crippen LogP contribution in [0.2, 0.25) is 5.02 Å². The van der Waals surface area contributed by atoms with Crippen molar-refractivity contribution in [2.45, 2.75) is 0 Å². The first kappa shape index (κ1) is 14.1. The summed E-state index contributed by atoms with van der Waals surface area (Å²) in [5, 5.41) is 4.62. The molecule has 0 aliphatic heterocycles.